The fourth-order valence-corrected chi connectivity index (χ4v) is 3.02. The molecule has 0 saturated heterocycles. The van der Waals surface area contributed by atoms with Gasteiger partial charge in [-0.1, -0.05) is 17.7 Å². The van der Waals surface area contributed by atoms with E-state index in [0.717, 1.165) is 10.2 Å². The van der Waals surface area contributed by atoms with E-state index in [4.69, 9.17) is 11.6 Å². The second-order valence-electron chi connectivity index (χ2n) is 3.81. The van der Waals surface area contributed by atoms with Crippen molar-refractivity contribution < 1.29 is 10.2 Å². The highest BCUT2D eigenvalue weighted by Gasteiger charge is 2.12. The maximum Gasteiger partial charge on any atom is 0.129 e. The SMILES string of the molecule is Oc1ccc(-c2nc3cccc(Cl)c3s2)c(O)c1. The number of aromatic hydroxyl groups is 2. The van der Waals surface area contributed by atoms with E-state index in [2.05, 4.69) is 4.98 Å². The van der Waals surface area contributed by atoms with Crippen LogP contribution in [0.4, 0.5) is 0 Å². The number of hydrogen-bond donors (Lipinski definition) is 2. The van der Waals surface area contributed by atoms with Crippen LogP contribution in [0, 0.1) is 0 Å². The molecule has 0 aliphatic heterocycles. The third-order valence-electron chi connectivity index (χ3n) is 2.58. The summed E-state index contributed by atoms with van der Waals surface area (Å²) in [7, 11) is 0. The number of fused-ring (bicyclic) bond motifs is 1. The van der Waals surface area contributed by atoms with Gasteiger partial charge in [-0.15, -0.1) is 11.3 Å². The first-order valence-corrected chi connectivity index (χ1v) is 6.42. The molecular formula is C13H8ClNO2S. The molecule has 0 aliphatic rings. The van der Waals surface area contributed by atoms with Crippen LogP contribution in [0.2, 0.25) is 5.02 Å². The van der Waals surface area contributed by atoms with E-state index in [1.165, 1.54) is 23.5 Å². The van der Waals surface area contributed by atoms with Crippen LogP contribution in [0.1, 0.15) is 0 Å². The quantitative estimate of drug-likeness (QED) is 0.706. The van der Waals surface area contributed by atoms with Crippen molar-refractivity contribution >= 4 is 33.2 Å². The van der Waals surface area contributed by atoms with E-state index in [0.29, 0.717) is 15.6 Å². The van der Waals surface area contributed by atoms with Crippen LogP contribution in [0.25, 0.3) is 20.8 Å². The lowest BCUT2D eigenvalue weighted by Crippen LogP contribution is -1.77. The molecule has 18 heavy (non-hydrogen) atoms. The van der Waals surface area contributed by atoms with Crippen molar-refractivity contribution in [2.75, 3.05) is 0 Å². The molecule has 0 fully saturated rings. The zero-order chi connectivity index (χ0) is 12.7. The van der Waals surface area contributed by atoms with Gasteiger partial charge in [0.25, 0.3) is 0 Å². The molecule has 0 saturated carbocycles. The standard InChI is InChI=1S/C13H8ClNO2S/c14-9-2-1-3-10-12(9)18-13(15-10)8-5-4-7(16)6-11(8)17/h1-6,16-17H. The lowest BCUT2D eigenvalue weighted by Gasteiger charge is -2.00. The predicted octanol–water partition coefficient (Wildman–Crippen LogP) is 4.03. The Hall–Kier alpha value is -1.78. The first-order valence-electron chi connectivity index (χ1n) is 5.22. The number of nitrogens with zero attached hydrogens (tertiary/aromatic N) is 1. The summed E-state index contributed by atoms with van der Waals surface area (Å²) in [6.07, 6.45) is 0. The van der Waals surface area contributed by atoms with Crippen molar-refractivity contribution in [1.29, 1.82) is 0 Å². The van der Waals surface area contributed by atoms with Crippen LogP contribution in [-0.2, 0) is 0 Å². The first kappa shape index (κ1) is 11.3. The number of phenols is 2. The highest BCUT2D eigenvalue weighted by atomic mass is 35.5. The van der Waals surface area contributed by atoms with Crippen molar-refractivity contribution in [2.45, 2.75) is 0 Å². The van der Waals surface area contributed by atoms with E-state index < -0.39 is 0 Å². The van der Waals surface area contributed by atoms with Gasteiger partial charge in [0.15, 0.2) is 0 Å². The van der Waals surface area contributed by atoms with Gasteiger partial charge in [0.2, 0.25) is 0 Å². The third kappa shape index (κ3) is 1.79. The normalized spacial score (nSPS) is 10.9. The summed E-state index contributed by atoms with van der Waals surface area (Å²) in [5.74, 6) is 0.0283. The Kier molecular flexibility index (Phi) is 2.61. The zero-order valence-electron chi connectivity index (χ0n) is 9.09. The van der Waals surface area contributed by atoms with E-state index >= 15 is 0 Å². The number of halogens is 1. The minimum Gasteiger partial charge on any atom is -0.508 e. The molecule has 2 aromatic carbocycles. The first-order chi connectivity index (χ1) is 8.65. The Morgan fingerprint density at radius 1 is 1.11 bits per heavy atom. The monoisotopic (exact) mass is 277 g/mol. The maximum absolute atomic E-state index is 9.81. The van der Waals surface area contributed by atoms with E-state index in [1.54, 1.807) is 6.07 Å². The third-order valence-corrected chi connectivity index (χ3v) is 4.14. The van der Waals surface area contributed by atoms with Gasteiger partial charge < -0.3 is 10.2 Å². The Bertz CT molecular complexity index is 739. The van der Waals surface area contributed by atoms with Crippen LogP contribution in [0.5, 0.6) is 11.5 Å². The van der Waals surface area contributed by atoms with Crippen LogP contribution < -0.4 is 0 Å². The van der Waals surface area contributed by atoms with Crippen LogP contribution in [-0.4, -0.2) is 15.2 Å². The van der Waals surface area contributed by atoms with Gasteiger partial charge in [0.1, 0.15) is 16.5 Å². The average Bonchev–Trinajstić information content (AvgIpc) is 2.74. The molecule has 0 atom stereocenters. The zero-order valence-corrected chi connectivity index (χ0v) is 10.7. The van der Waals surface area contributed by atoms with Gasteiger partial charge in [0.05, 0.1) is 20.8 Å². The molecule has 0 unspecified atom stereocenters. The highest BCUT2D eigenvalue weighted by molar-refractivity contribution is 7.22. The Labute approximate surface area is 112 Å². The molecule has 3 nitrogen and oxygen atoms in total. The molecule has 3 rings (SSSR count). The molecule has 2 N–H and O–H groups in total. The summed E-state index contributed by atoms with van der Waals surface area (Å²) >= 11 is 7.50. The fraction of sp³-hybridized carbons (Fsp3) is 0. The molecule has 0 bridgehead atoms. The molecule has 5 heteroatoms. The molecular weight excluding hydrogens is 270 g/mol. The summed E-state index contributed by atoms with van der Waals surface area (Å²) in [6, 6.07) is 9.97. The minimum absolute atomic E-state index is 0.00479. The lowest BCUT2D eigenvalue weighted by atomic mass is 10.2. The summed E-state index contributed by atoms with van der Waals surface area (Å²) < 4.78 is 0.890. The smallest absolute Gasteiger partial charge is 0.129 e. The van der Waals surface area contributed by atoms with E-state index in [-0.39, 0.29) is 11.5 Å². The summed E-state index contributed by atoms with van der Waals surface area (Å²) in [4.78, 5) is 4.43. The largest absolute Gasteiger partial charge is 0.508 e. The van der Waals surface area contributed by atoms with Gasteiger partial charge >= 0.3 is 0 Å². The van der Waals surface area contributed by atoms with Crippen molar-refractivity contribution in [3.05, 3.63) is 41.4 Å². The number of rotatable bonds is 1. The van der Waals surface area contributed by atoms with Gasteiger partial charge in [-0.3, -0.25) is 0 Å². The van der Waals surface area contributed by atoms with Crippen molar-refractivity contribution in [2.24, 2.45) is 0 Å². The second kappa shape index (κ2) is 4.15. The summed E-state index contributed by atoms with van der Waals surface area (Å²) in [5, 5.41) is 20.4. The van der Waals surface area contributed by atoms with Crippen molar-refractivity contribution in [1.82, 2.24) is 4.98 Å². The average molecular weight is 278 g/mol. The Morgan fingerprint density at radius 3 is 2.67 bits per heavy atom. The van der Waals surface area contributed by atoms with Crippen molar-refractivity contribution in [3.8, 4) is 22.1 Å². The van der Waals surface area contributed by atoms with Crippen LogP contribution >= 0.6 is 22.9 Å². The number of thiazole rings is 1. The molecule has 0 aliphatic carbocycles. The fourth-order valence-electron chi connectivity index (χ4n) is 1.73. The molecule has 1 heterocycles. The van der Waals surface area contributed by atoms with Gasteiger partial charge in [-0.2, -0.15) is 0 Å². The predicted molar refractivity (Wildman–Crippen MR) is 73.4 cm³/mol. The number of hydrogen-bond acceptors (Lipinski definition) is 4. The van der Waals surface area contributed by atoms with E-state index in [9.17, 15) is 10.2 Å². The van der Waals surface area contributed by atoms with Gasteiger partial charge in [-0.05, 0) is 24.3 Å². The maximum atomic E-state index is 9.81. The minimum atomic E-state index is 0.00479. The summed E-state index contributed by atoms with van der Waals surface area (Å²) in [5.41, 5.74) is 1.39. The lowest BCUT2D eigenvalue weighted by molar-refractivity contribution is 0.452. The highest BCUT2D eigenvalue weighted by Crippen LogP contribution is 2.38. The Morgan fingerprint density at radius 2 is 1.94 bits per heavy atom. The molecule has 0 amide bonds. The topological polar surface area (TPSA) is 53.4 Å². The van der Waals surface area contributed by atoms with Gasteiger partial charge in [-0.25, -0.2) is 4.98 Å². The van der Waals surface area contributed by atoms with E-state index in [1.807, 2.05) is 18.2 Å². The molecule has 1 aromatic heterocycles. The van der Waals surface area contributed by atoms with Crippen LogP contribution in [0.3, 0.4) is 0 Å². The van der Waals surface area contributed by atoms with Gasteiger partial charge in [0, 0.05) is 6.07 Å². The van der Waals surface area contributed by atoms with Crippen LogP contribution in [0.15, 0.2) is 36.4 Å². The number of benzene rings is 2. The van der Waals surface area contributed by atoms with Crippen molar-refractivity contribution in [3.63, 3.8) is 0 Å². The molecule has 90 valence electrons. The number of phenolic OH excluding ortho intramolecular Hbond substituents is 2. The Balaban J connectivity index is 2.23. The summed E-state index contributed by atoms with van der Waals surface area (Å²) in [6.45, 7) is 0. The second-order valence-corrected chi connectivity index (χ2v) is 5.21. The molecule has 0 radical (unpaired) electrons. The number of aromatic nitrogens is 1. The molecule has 3 aromatic rings. The molecule has 0 spiro atoms.